The smallest absolute Gasteiger partial charge is 0.00217 e. The summed E-state index contributed by atoms with van der Waals surface area (Å²) in [6, 6.07) is 8.92. The molecule has 90 valence electrons. The van der Waals surface area contributed by atoms with E-state index in [2.05, 4.69) is 50.1 Å². The summed E-state index contributed by atoms with van der Waals surface area (Å²) in [6.45, 7) is 6.84. The van der Waals surface area contributed by atoms with E-state index in [0.29, 0.717) is 0 Å². The number of hydrogen-bond acceptors (Lipinski definition) is 1. The lowest BCUT2D eigenvalue weighted by Gasteiger charge is -2.14. The first kappa shape index (κ1) is 13.2. The highest BCUT2D eigenvalue weighted by Crippen LogP contribution is 2.07. The average Bonchev–Trinajstić information content (AvgIpc) is 2.27. The molecule has 0 aliphatic rings. The Bertz CT molecular complexity index is 276. The zero-order valence-corrected chi connectivity index (χ0v) is 11.0. The molecule has 1 aromatic rings. The van der Waals surface area contributed by atoms with E-state index in [1.54, 1.807) is 0 Å². The summed E-state index contributed by atoms with van der Waals surface area (Å²) in [5.74, 6) is 0. The van der Waals surface area contributed by atoms with Crippen LogP contribution >= 0.6 is 0 Å². The largest absolute Gasteiger partial charge is 0.306 e. The molecule has 0 aromatic heterocycles. The van der Waals surface area contributed by atoms with Gasteiger partial charge in [0, 0.05) is 0 Å². The van der Waals surface area contributed by atoms with E-state index in [1.165, 1.54) is 49.9 Å². The molecule has 0 bridgehead atoms. The van der Waals surface area contributed by atoms with Crippen LogP contribution in [-0.4, -0.2) is 25.0 Å². The van der Waals surface area contributed by atoms with Crippen LogP contribution in [0.3, 0.4) is 0 Å². The van der Waals surface area contributed by atoms with Crippen molar-refractivity contribution < 1.29 is 0 Å². The summed E-state index contributed by atoms with van der Waals surface area (Å²) in [5.41, 5.74) is 2.83. The minimum atomic E-state index is 1.22. The molecule has 0 N–H and O–H groups in total. The van der Waals surface area contributed by atoms with Gasteiger partial charge in [-0.1, -0.05) is 36.8 Å². The molecule has 1 rings (SSSR count). The number of hydrogen-bond donors (Lipinski definition) is 0. The van der Waals surface area contributed by atoms with E-state index in [-0.39, 0.29) is 0 Å². The zero-order valence-electron chi connectivity index (χ0n) is 11.0. The summed E-state index contributed by atoms with van der Waals surface area (Å²) in [7, 11) is 2.22. The SMILES string of the molecule is CCCN(C)CCCCc1ccc(C)cc1. The Balaban J connectivity index is 2.13. The van der Waals surface area contributed by atoms with Crippen molar-refractivity contribution >= 4 is 0 Å². The van der Waals surface area contributed by atoms with Crippen LogP contribution in [0.25, 0.3) is 0 Å². The minimum Gasteiger partial charge on any atom is -0.306 e. The van der Waals surface area contributed by atoms with Crippen molar-refractivity contribution in [2.45, 2.75) is 39.5 Å². The predicted molar refractivity (Wildman–Crippen MR) is 71.9 cm³/mol. The third kappa shape index (κ3) is 5.32. The van der Waals surface area contributed by atoms with Crippen molar-refractivity contribution in [3.63, 3.8) is 0 Å². The van der Waals surface area contributed by atoms with Gasteiger partial charge >= 0.3 is 0 Å². The van der Waals surface area contributed by atoms with Gasteiger partial charge in [-0.3, -0.25) is 0 Å². The van der Waals surface area contributed by atoms with E-state index < -0.39 is 0 Å². The highest BCUT2D eigenvalue weighted by molar-refractivity contribution is 5.21. The van der Waals surface area contributed by atoms with Crippen molar-refractivity contribution in [2.75, 3.05) is 20.1 Å². The molecule has 0 heterocycles. The average molecular weight is 219 g/mol. The molecular formula is C15H25N. The molecule has 0 fully saturated rings. The molecule has 0 spiro atoms. The summed E-state index contributed by atoms with van der Waals surface area (Å²) in [6.07, 6.45) is 5.09. The van der Waals surface area contributed by atoms with Crippen molar-refractivity contribution in [3.8, 4) is 0 Å². The normalized spacial score (nSPS) is 11.0. The fraction of sp³-hybridized carbons (Fsp3) is 0.600. The molecule has 0 aliphatic heterocycles. The van der Waals surface area contributed by atoms with Crippen LogP contribution in [0.2, 0.25) is 0 Å². The Morgan fingerprint density at radius 1 is 1.00 bits per heavy atom. The first-order chi connectivity index (χ1) is 7.72. The monoisotopic (exact) mass is 219 g/mol. The van der Waals surface area contributed by atoms with Gasteiger partial charge in [0.2, 0.25) is 0 Å². The summed E-state index contributed by atoms with van der Waals surface area (Å²) >= 11 is 0. The molecule has 0 atom stereocenters. The summed E-state index contributed by atoms with van der Waals surface area (Å²) in [4.78, 5) is 2.43. The third-order valence-corrected chi connectivity index (χ3v) is 2.98. The molecule has 0 aliphatic carbocycles. The lowest BCUT2D eigenvalue weighted by atomic mass is 10.1. The van der Waals surface area contributed by atoms with Crippen LogP contribution in [0.1, 0.15) is 37.3 Å². The van der Waals surface area contributed by atoms with Crippen molar-refractivity contribution in [3.05, 3.63) is 35.4 Å². The molecule has 0 saturated heterocycles. The van der Waals surface area contributed by atoms with Gasteiger partial charge in [0.15, 0.2) is 0 Å². The number of unbranched alkanes of at least 4 members (excludes halogenated alkanes) is 1. The Morgan fingerprint density at radius 2 is 1.69 bits per heavy atom. The van der Waals surface area contributed by atoms with Crippen LogP contribution < -0.4 is 0 Å². The molecule has 1 heteroatoms. The molecule has 0 radical (unpaired) electrons. The van der Waals surface area contributed by atoms with E-state index in [4.69, 9.17) is 0 Å². The Hall–Kier alpha value is -0.820. The van der Waals surface area contributed by atoms with Gasteiger partial charge in [-0.2, -0.15) is 0 Å². The first-order valence-electron chi connectivity index (χ1n) is 6.46. The summed E-state index contributed by atoms with van der Waals surface area (Å²) in [5, 5.41) is 0. The zero-order chi connectivity index (χ0) is 11.8. The van der Waals surface area contributed by atoms with E-state index in [1.807, 2.05) is 0 Å². The van der Waals surface area contributed by atoms with E-state index in [0.717, 1.165) is 0 Å². The second-order valence-corrected chi connectivity index (χ2v) is 4.75. The molecule has 0 amide bonds. The van der Waals surface area contributed by atoms with Gasteiger partial charge < -0.3 is 4.90 Å². The topological polar surface area (TPSA) is 3.24 Å². The molecule has 1 nitrogen and oxygen atoms in total. The quantitative estimate of drug-likeness (QED) is 0.633. The lowest BCUT2D eigenvalue weighted by molar-refractivity contribution is 0.326. The van der Waals surface area contributed by atoms with Crippen LogP contribution in [-0.2, 0) is 6.42 Å². The van der Waals surface area contributed by atoms with Crippen molar-refractivity contribution in [1.29, 1.82) is 0 Å². The fourth-order valence-corrected chi connectivity index (χ4v) is 1.96. The Kier molecular flexibility index (Phi) is 6.17. The van der Waals surface area contributed by atoms with Gasteiger partial charge in [0.1, 0.15) is 0 Å². The fourth-order valence-electron chi connectivity index (χ4n) is 1.96. The second-order valence-electron chi connectivity index (χ2n) is 4.75. The number of nitrogens with zero attached hydrogens (tertiary/aromatic N) is 1. The maximum Gasteiger partial charge on any atom is -0.00217 e. The molecular weight excluding hydrogens is 194 g/mol. The molecule has 1 aromatic carbocycles. The van der Waals surface area contributed by atoms with Gasteiger partial charge in [-0.05, 0) is 58.3 Å². The highest BCUT2D eigenvalue weighted by Gasteiger charge is 1.97. The highest BCUT2D eigenvalue weighted by atomic mass is 15.1. The van der Waals surface area contributed by atoms with Crippen molar-refractivity contribution in [2.24, 2.45) is 0 Å². The Morgan fingerprint density at radius 3 is 2.31 bits per heavy atom. The molecule has 16 heavy (non-hydrogen) atoms. The van der Waals surface area contributed by atoms with Crippen LogP contribution in [0.15, 0.2) is 24.3 Å². The predicted octanol–water partition coefficient (Wildman–Crippen LogP) is 3.66. The van der Waals surface area contributed by atoms with Crippen LogP contribution in [0.4, 0.5) is 0 Å². The van der Waals surface area contributed by atoms with Gasteiger partial charge in [0.25, 0.3) is 0 Å². The van der Waals surface area contributed by atoms with Crippen LogP contribution in [0, 0.1) is 6.92 Å². The first-order valence-corrected chi connectivity index (χ1v) is 6.46. The number of benzene rings is 1. The third-order valence-electron chi connectivity index (χ3n) is 2.98. The van der Waals surface area contributed by atoms with Crippen molar-refractivity contribution in [1.82, 2.24) is 4.90 Å². The molecule has 0 saturated carbocycles. The van der Waals surface area contributed by atoms with Crippen LogP contribution in [0.5, 0.6) is 0 Å². The molecule has 0 unspecified atom stereocenters. The minimum absolute atomic E-state index is 1.22. The van der Waals surface area contributed by atoms with E-state index >= 15 is 0 Å². The lowest BCUT2D eigenvalue weighted by Crippen LogP contribution is -2.20. The van der Waals surface area contributed by atoms with Gasteiger partial charge in [0.05, 0.1) is 0 Å². The maximum absolute atomic E-state index is 2.43. The Labute approximate surface area is 100 Å². The van der Waals surface area contributed by atoms with Gasteiger partial charge in [-0.25, -0.2) is 0 Å². The van der Waals surface area contributed by atoms with Gasteiger partial charge in [-0.15, -0.1) is 0 Å². The standard InChI is InChI=1S/C15H25N/c1-4-12-16(3)13-6-5-7-15-10-8-14(2)9-11-15/h8-11H,4-7,12-13H2,1-3H3. The number of rotatable bonds is 7. The second kappa shape index (κ2) is 7.45. The van der Waals surface area contributed by atoms with E-state index in [9.17, 15) is 0 Å². The summed E-state index contributed by atoms with van der Waals surface area (Å²) < 4.78 is 0. The maximum atomic E-state index is 2.43. The number of aryl methyl sites for hydroxylation is 2.